The number of rotatable bonds is 1. The smallest absolute Gasteiger partial charge is 0.0328 e. The number of nitrogens with one attached hydrogen (secondary N) is 1. The maximum atomic E-state index is 3.66. The lowest BCUT2D eigenvalue weighted by Gasteiger charge is -2.29. The standard InChI is InChI=1S/C16H19N/c1-12-9-10-17-16(11-12)15-8-4-6-13-5-2-3-7-14(13)15/h2-8,12,16-17H,9-11H2,1H3. The van der Waals surface area contributed by atoms with Gasteiger partial charge in [0.15, 0.2) is 0 Å². The van der Waals surface area contributed by atoms with Crippen molar-refractivity contribution in [3.05, 3.63) is 48.0 Å². The number of hydrogen-bond acceptors (Lipinski definition) is 1. The molecule has 1 heterocycles. The van der Waals surface area contributed by atoms with Gasteiger partial charge in [0.2, 0.25) is 0 Å². The zero-order valence-electron chi connectivity index (χ0n) is 10.3. The summed E-state index contributed by atoms with van der Waals surface area (Å²) in [5, 5.41) is 6.41. The minimum absolute atomic E-state index is 0.532. The zero-order chi connectivity index (χ0) is 11.7. The van der Waals surface area contributed by atoms with Gasteiger partial charge in [0.05, 0.1) is 0 Å². The van der Waals surface area contributed by atoms with Crippen LogP contribution < -0.4 is 5.32 Å². The molecule has 0 radical (unpaired) electrons. The van der Waals surface area contributed by atoms with E-state index < -0.39 is 0 Å². The highest BCUT2D eigenvalue weighted by atomic mass is 14.9. The van der Waals surface area contributed by atoms with Crippen LogP contribution in [-0.2, 0) is 0 Å². The number of fused-ring (bicyclic) bond motifs is 1. The SMILES string of the molecule is CC1CCNC(c2cccc3ccccc23)C1. The Hall–Kier alpha value is -1.34. The molecule has 0 aromatic heterocycles. The van der Waals surface area contributed by atoms with Crippen LogP contribution in [0.1, 0.15) is 31.4 Å². The first-order chi connectivity index (χ1) is 8.34. The molecule has 1 heteroatoms. The zero-order valence-corrected chi connectivity index (χ0v) is 10.3. The quantitative estimate of drug-likeness (QED) is 0.776. The van der Waals surface area contributed by atoms with Gasteiger partial charge in [0.1, 0.15) is 0 Å². The first-order valence-electron chi connectivity index (χ1n) is 6.55. The maximum Gasteiger partial charge on any atom is 0.0328 e. The van der Waals surface area contributed by atoms with Crippen molar-refractivity contribution >= 4 is 10.8 Å². The van der Waals surface area contributed by atoms with Gasteiger partial charge in [0, 0.05) is 6.04 Å². The fraction of sp³-hybridized carbons (Fsp3) is 0.375. The normalized spacial score (nSPS) is 25.0. The molecular weight excluding hydrogens is 206 g/mol. The largest absolute Gasteiger partial charge is 0.310 e. The minimum Gasteiger partial charge on any atom is -0.310 e. The van der Waals surface area contributed by atoms with Gasteiger partial charge in [-0.2, -0.15) is 0 Å². The summed E-state index contributed by atoms with van der Waals surface area (Å²) in [6, 6.07) is 15.9. The van der Waals surface area contributed by atoms with Crippen molar-refractivity contribution in [3.8, 4) is 0 Å². The molecule has 17 heavy (non-hydrogen) atoms. The van der Waals surface area contributed by atoms with Crippen LogP contribution in [0.15, 0.2) is 42.5 Å². The first-order valence-corrected chi connectivity index (χ1v) is 6.55. The molecule has 1 aliphatic rings. The third-order valence-electron chi connectivity index (χ3n) is 3.86. The molecule has 1 aliphatic heterocycles. The van der Waals surface area contributed by atoms with Crippen LogP contribution in [0.3, 0.4) is 0 Å². The van der Waals surface area contributed by atoms with Gasteiger partial charge in [-0.05, 0) is 41.6 Å². The van der Waals surface area contributed by atoms with Gasteiger partial charge < -0.3 is 5.32 Å². The minimum atomic E-state index is 0.532. The second kappa shape index (κ2) is 4.50. The molecule has 1 N–H and O–H groups in total. The number of benzene rings is 2. The summed E-state index contributed by atoms with van der Waals surface area (Å²) in [6.07, 6.45) is 2.56. The molecule has 2 aromatic rings. The van der Waals surface area contributed by atoms with Crippen LogP contribution in [-0.4, -0.2) is 6.54 Å². The van der Waals surface area contributed by atoms with E-state index in [2.05, 4.69) is 54.7 Å². The van der Waals surface area contributed by atoms with Crippen molar-refractivity contribution in [2.45, 2.75) is 25.8 Å². The van der Waals surface area contributed by atoms with E-state index in [4.69, 9.17) is 0 Å². The molecular formula is C16H19N. The van der Waals surface area contributed by atoms with E-state index in [1.165, 1.54) is 29.2 Å². The molecule has 3 rings (SSSR count). The fourth-order valence-electron chi connectivity index (χ4n) is 2.90. The lowest BCUT2D eigenvalue weighted by atomic mass is 9.88. The van der Waals surface area contributed by atoms with E-state index in [0.717, 1.165) is 12.5 Å². The Labute approximate surface area is 103 Å². The average Bonchev–Trinajstić information content (AvgIpc) is 2.38. The van der Waals surface area contributed by atoms with Crippen LogP contribution in [0.5, 0.6) is 0 Å². The summed E-state index contributed by atoms with van der Waals surface area (Å²) in [5.74, 6) is 0.834. The summed E-state index contributed by atoms with van der Waals surface area (Å²) >= 11 is 0. The predicted molar refractivity (Wildman–Crippen MR) is 73.1 cm³/mol. The Morgan fingerprint density at radius 3 is 2.76 bits per heavy atom. The Morgan fingerprint density at radius 1 is 1.06 bits per heavy atom. The van der Waals surface area contributed by atoms with E-state index in [9.17, 15) is 0 Å². The van der Waals surface area contributed by atoms with Gasteiger partial charge in [-0.1, -0.05) is 49.4 Å². The molecule has 1 fully saturated rings. The van der Waals surface area contributed by atoms with Crippen molar-refractivity contribution in [3.63, 3.8) is 0 Å². The monoisotopic (exact) mass is 225 g/mol. The van der Waals surface area contributed by atoms with E-state index in [0.29, 0.717) is 6.04 Å². The van der Waals surface area contributed by atoms with Crippen LogP contribution in [0, 0.1) is 5.92 Å². The third-order valence-corrected chi connectivity index (χ3v) is 3.86. The summed E-state index contributed by atoms with van der Waals surface area (Å²) in [4.78, 5) is 0. The molecule has 2 unspecified atom stereocenters. The van der Waals surface area contributed by atoms with Gasteiger partial charge in [-0.25, -0.2) is 0 Å². The Balaban J connectivity index is 2.04. The first kappa shape index (κ1) is 10.8. The van der Waals surface area contributed by atoms with Gasteiger partial charge in [0.25, 0.3) is 0 Å². The van der Waals surface area contributed by atoms with Crippen LogP contribution in [0.2, 0.25) is 0 Å². The predicted octanol–water partition coefficient (Wildman–Crippen LogP) is 3.90. The van der Waals surface area contributed by atoms with Crippen molar-refractivity contribution in [2.75, 3.05) is 6.54 Å². The topological polar surface area (TPSA) is 12.0 Å². The fourth-order valence-corrected chi connectivity index (χ4v) is 2.90. The molecule has 0 amide bonds. The van der Waals surface area contributed by atoms with Gasteiger partial charge >= 0.3 is 0 Å². The third kappa shape index (κ3) is 2.07. The lowest BCUT2D eigenvalue weighted by Crippen LogP contribution is -2.30. The number of piperidine rings is 1. The molecule has 0 bridgehead atoms. The van der Waals surface area contributed by atoms with Crippen molar-refractivity contribution in [1.82, 2.24) is 5.32 Å². The van der Waals surface area contributed by atoms with E-state index in [-0.39, 0.29) is 0 Å². The second-order valence-corrected chi connectivity index (χ2v) is 5.20. The van der Waals surface area contributed by atoms with Crippen molar-refractivity contribution < 1.29 is 0 Å². The van der Waals surface area contributed by atoms with Crippen molar-refractivity contribution in [2.24, 2.45) is 5.92 Å². The summed E-state index contributed by atoms with van der Waals surface area (Å²) in [6.45, 7) is 3.51. The second-order valence-electron chi connectivity index (χ2n) is 5.20. The van der Waals surface area contributed by atoms with E-state index >= 15 is 0 Å². The maximum absolute atomic E-state index is 3.66. The molecule has 1 nitrogen and oxygen atoms in total. The van der Waals surface area contributed by atoms with Gasteiger partial charge in [-0.3, -0.25) is 0 Å². The lowest BCUT2D eigenvalue weighted by molar-refractivity contribution is 0.326. The summed E-state index contributed by atoms with van der Waals surface area (Å²) in [7, 11) is 0. The summed E-state index contributed by atoms with van der Waals surface area (Å²) < 4.78 is 0. The molecule has 2 aromatic carbocycles. The van der Waals surface area contributed by atoms with Crippen LogP contribution in [0.25, 0.3) is 10.8 Å². The molecule has 0 saturated carbocycles. The molecule has 0 aliphatic carbocycles. The highest BCUT2D eigenvalue weighted by molar-refractivity contribution is 5.86. The summed E-state index contributed by atoms with van der Waals surface area (Å²) in [5.41, 5.74) is 1.47. The number of hydrogen-bond donors (Lipinski definition) is 1. The molecule has 2 atom stereocenters. The van der Waals surface area contributed by atoms with E-state index in [1.807, 2.05) is 0 Å². The Kier molecular flexibility index (Phi) is 2.86. The highest BCUT2D eigenvalue weighted by Crippen LogP contribution is 2.31. The Morgan fingerprint density at radius 2 is 1.88 bits per heavy atom. The van der Waals surface area contributed by atoms with Crippen molar-refractivity contribution in [1.29, 1.82) is 0 Å². The molecule has 0 spiro atoms. The van der Waals surface area contributed by atoms with Crippen LogP contribution in [0.4, 0.5) is 0 Å². The van der Waals surface area contributed by atoms with Crippen LogP contribution >= 0.6 is 0 Å². The molecule has 88 valence electrons. The average molecular weight is 225 g/mol. The van der Waals surface area contributed by atoms with E-state index in [1.54, 1.807) is 0 Å². The highest BCUT2D eigenvalue weighted by Gasteiger charge is 2.20. The van der Waals surface area contributed by atoms with Gasteiger partial charge in [-0.15, -0.1) is 0 Å². The molecule has 1 saturated heterocycles. The Bertz CT molecular complexity index is 512.